The number of nitrogens with zero attached hydrogens (tertiary/aromatic N) is 1. The standard InChI is InChI=1S/C14H24N2OS/c1-5-11-10(4)18-14(16-11)13(15-6-2)12-8-7-9(3)17-12/h9,12-13,15H,5-8H2,1-4H3. The van der Waals surface area contributed by atoms with Gasteiger partial charge in [0.15, 0.2) is 0 Å². The van der Waals surface area contributed by atoms with E-state index in [0.29, 0.717) is 6.10 Å². The Balaban J connectivity index is 2.18. The maximum Gasteiger partial charge on any atom is 0.113 e. The van der Waals surface area contributed by atoms with E-state index in [1.807, 2.05) is 11.3 Å². The average Bonchev–Trinajstić information content (AvgIpc) is 2.92. The summed E-state index contributed by atoms with van der Waals surface area (Å²) in [5.74, 6) is 0. The first-order chi connectivity index (χ1) is 8.65. The van der Waals surface area contributed by atoms with Crippen LogP contribution in [0.1, 0.15) is 55.2 Å². The van der Waals surface area contributed by atoms with Crippen LogP contribution in [0.25, 0.3) is 0 Å². The van der Waals surface area contributed by atoms with Crippen molar-refractivity contribution in [2.75, 3.05) is 6.54 Å². The van der Waals surface area contributed by atoms with Crippen molar-refractivity contribution in [3.05, 3.63) is 15.6 Å². The van der Waals surface area contributed by atoms with Crippen molar-refractivity contribution < 1.29 is 4.74 Å². The second-order valence-corrected chi connectivity index (χ2v) is 6.24. The highest BCUT2D eigenvalue weighted by Crippen LogP contribution is 2.33. The summed E-state index contributed by atoms with van der Waals surface area (Å²) in [5.41, 5.74) is 1.24. The number of thiazole rings is 1. The van der Waals surface area contributed by atoms with E-state index in [1.165, 1.54) is 15.6 Å². The zero-order valence-electron chi connectivity index (χ0n) is 11.8. The molecule has 4 heteroatoms. The van der Waals surface area contributed by atoms with Crippen molar-refractivity contribution in [3.8, 4) is 0 Å². The van der Waals surface area contributed by atoms with Crippen molar-refractivity contribution in [1.29, 1.82) is 0 Å². The summed E-state index contributed by atoms with van der Waals surface area (Å²) in [7, 11) is 0. The van der Waals surface area contributed by atoms with Gasteiger partial charge in [-0.3, -0.25) is 0 Å². The van der Waals surface area contributed by atoms with Gasteiger partial charge >= 0.3 is 0 Å². The van der Waals surface area contributed by atoms with Gasteiger partial charge in [0.25, 0.3) is 0 Å². The summed E-state index contributed by atoms with van der Waals surface area (Å²) in [6.45, 7) is 9.60. The first-order valence-corrected chi connectivity index (χ1v) is 7.82. The smallest absolute Gasteiger partial charge is 0.113 e. The highest BCUT2D eigenvalue weighted by atomic mass is 32.1. The van der Waals surface area contributed by atoms with E-state index in [0.717, 1.165) is 25.8 Å². The van der Waals surface area contributed by atoms with Gasteiger partial charge in [-0.05, 0) is 39.7 Å². The van der Waals surface area contributed by atoms with Gasteiger partial charge in [0.1, 0.15) is 5.01 Å². The Morgan fingerprint density at radius 2 is 2.22 bits per heavy atom. The molecule has 3 atom stereocenters. The van der Waals surface area contributed by atoms with Crippen molar-refractivity contribution in [2.24, 2.45) is 0 Å². The normalized spacial score (nSPS) is 25.6. The van der Waals surface area contributed by atoms with Gasteiger partial charge in [-0.2, -0.15) is 0 Å². The molecule has 1 aromatic rings. The fourth-order valence-corrected chi connectivity index (χ4v) is 3.73. The Morgan fingerprint density at radius 3 is 2.72 bits per heavy atom. The zero-order chi connectivity index (χ0) is 13.1. The van der Waals surface area contributed by atoms with Gasteiger partial charge < -0.3 is 10.1 Å². The first kappa shape index (κ1) is 14.0. The lowest BCUT2D eigenvalue weighted by Gasteiger charge is -2.22. The van der Waals surface area contributed by atoms with Gasteiger partial charge in [0.2, 0.25) is 0 Å². The average molecular weight is 268 g/mol. The molecule has 2 rings (SSSR count). The molecule has 1 aliphatic heterocycles. The van der Waals surface area contributed by atoms with Gasteiger partial charge in [-0.15, -0.1) is 11.3 Å². The Morgan fingerprint density at radius 1 is 1.44 bits per heavy atom. The van der Waals surface area contributed by atoms with E-state index in [4.69, 9.17) is 9.72 Å². The third-order valence-electron chi connectivity index (χ3n) is 3.57. The van der Waals surface area contributed by atoms with E-state index in [1.54, 1.807) is 0 Å². The predicted molar refractivity (Wildman–Crippen MR) is 76.2 cm³/mol. The third-order valence-corrected chi connectivity index (χ3v) is 4.67. The minimum absolute atomic E-state index is 0.268. The first-order valence-electron chi connectivity index (χ1n) is 7.00. The number of likely N-dealkylation sites (N-methyl/N-ethyl adjacent to an activating group) is 1. The van der Waals surface area contributed by atoms with Crippen LogP contribution >= 0.6 is 11.3 Å². The van der Waals surface area contributed by atoms with Crippen LogP contribution < -0.4 is 5.32 Å². The SMILES string of the molecule is CCNC(c1nc(CC)c(C)s1)C1CCC(C)O1. The van der Waals surface area contributed by atoms with Crippen LogP contribution in [-0.4, -0.2) is 23.7 Å². The number of hydrogen-bond acceptors (Lipinski definition) is 4. The summed E-state index contributed by atoms with van der Waals surface area (Å²) < 4.78 is 6.02. The number of nitrogens with one attached hydrogen (secondary N) is 1. The van der Waals surface area contributed by atoms with Gasteiger partial charge in [0.05, 0.1) is 23.9 Å². The van der Waals surface area contributed by atoms with Crippen LogP contribution in [0.15, 0.2) is 0 Å². The molecule has 3 nitrogen and oxygen atoms in total. The molecule has 0 amide bonds. The maximum absolute atomic E-state index is 6.02. The number of aryl methyl sites for hydroxylation is 2. The Kier molecular flexibility index (Phi) is 4.76. The summed E-state index contributed by atoms with van der Waals surface area (Å²) in [6.07, 6.45) is 4.00. The fraction of sp³-hybridized carbons (Fsp3) is 0.786. The molecular formula is C14H24N2OS. The van der Waals surface area contributed by atoms with Crippen molar-refractivity contribution >= 4 is 11.3 Å². The van der Waals surface area contributed by atoms with Crippen molar-refractivity contribution in [3.63, 3.8) is 0 Å². The quantitative estimate of drug-likeness (QED) is 0.890. The topological polar surface area (TPSA) is 34.2 Å². The fourth-order valence-electron chi connectivity index (χ4n) is 2.59. The molecule has 0 spiro atoms. The van der Waals surface area contributed by atoms with E-state index in [-0.39, 0.29) is 12.1 Å². The molecular weight excluding hydrogens is 244 g/mol. The largest absolute Gasteiger partial charge is 0.373 e. The molecule has 0 aliphatic carbocycles. The second kappa shape index (κ2) is 6.13. The summed E-state index contributed by atoms with van der Waals surface area (Å²) in [6, 6.07) is 0.268. The predicted octanol–water partition coefficient (Wildman–Crippen LogP) is 3.23. The van der Waals surface area contributed by atoms with Crippen molar-refractivity contribution in [1.82, 2.24) is 10.3 Å². The molecule has 0 bridgehead atoms. The lowest BCUT2D eigenvalue weighted by atomic mass is 10.1. The number of ether oxygens (including phenoxy) is 1. The Hall–Kier alpha value is -0.450. The van der Waals surface area contributed by atoms with Crippen LogP contribution in [-0.2, 0) is 11.2 Å². The minimum atomic E-state index is 0.268. The summed E-state index contributed by atoms with van der Waals surface area (Å²) >= 11 is 1.82. The van der Waals surface area contributed by atoms with Crippen LogP contribution in [0.5, 0.6) is 0 Å². The third kappa shape index (κ3) is 2.92. The van der Waals surface area contributed by atoms with E-state index >= 15 is 0 Å². The summed E-state index contributed by atoms with van der Waals surface area (Å²) in [5, 5.41) is 4.75. The lowest BCUT2D eigenvalue weighted by molar-refractivity contribution is 0.0319. The highest BCUT2D eigenvalue weighted by Gasteiger charge is 2.32. The zero-order valence-corrected chi connectivity index (χ0v) is 12.6. The molecule has 0 radical (unpaired) electrons. The van der Waals surface area contributed by atoms with Gasteiger partial charge in [-0.1, -0.05) is 13.8 Å². The lowest BCUT2D eigenvalue weighted by Crippen LogP contribution is -2.32. The van der Waals surface area contributed by atoms with Gasteiger partial charge in [-0.25, -0.2) is 4.98 Å². The molecule has 1 fully saturated rings. The van der Waals surface area contributed by atoms with E-state index < -0.39 is 0 Å². The number of aromatic nitrogens is 1. The Labute approximate surface area is 114 Å². The van der Waals surface area contributed by atoms with E-state index in [9.17, 15) is 0 Å². The van der Waals surface area contributed by atoms with E-state index in [2.05, 4.69) is 33.0 Å². The van der Waals surface area contributed by atoms with Crippen LogP contribution in [0, 0.1) is 6.92 Å². The number of hydrogen-bond donors (Lipinski definition) is 1. The summed E-state index contributed by atoms with van der Waals surface area (Å²) in [4.78, 5) is 6.14. The maximum atomic E-state index is 6.02. The van der Waals surface area contributed by atoms with Crippen LogP contribution in [0.4, 0.5) is 0 Å². The molecule has 1 aliphatic rings. The molecule has 1 N–H and O–H groups in total. The van der Waals surface area contributed by atoms with Crippen LogP contribution in [0.3, 0.4) is 0 Å². The van der Waals surface area contributed by atoms with Crippen molar-refractivity contribution in [2.45, 2.75) is 65.2 Å². The molecule has 3 unspecified atom stereocenters. The monoisotopic (exact) mass is 268 g/mol. The molecule has 102 valence electrons. The second-order valence-electron chi connectivity index (χ2n) is 5.01. The number of rotatable bonds is 5. The Bertz CT molecular complexity index is 391. The van der Waals surface area contributed by atoms with Gasteiger partial charge in [0, 0.05) is 4.88 Å². The molecule has 18 heavy (non-hydrogen) atoms. The highest BCUT2D eigenvalue weighted by molar-refractivity contribution is 7.11. The molecule has 0 aromatic carbocycles. The molecule has 1 saturated heterocycles. The minimum Gasteiger partial charge on any atom is -0.373 e. The molecule has 2 heterocycles. The molecule has 0 saturated carbocycles. The van der Waals surface area contributed by atoms with Crippen LogP contribution in [0.2, 0.25) is 0 Å². The molecule has 1 aromatic heterocycles.